The Bertz CT molecular complexity index is 828. The molecule has 2 N–H and O–H groups in total. The summed E-state index contributed by atoms with van der Waals surface area (Å²) < 4.78 is 54.4. The average Bonchev–Trinajstić information content (AvgIpc) is 2.69. The number of rotatable bonds is 8. The zero-order chi connectivity index (χ0) is 20.7. The van der Waals surface area contributed by atoms with Gasteiger partial charge in [0.1, 0.15) is 5.82 Å². The van der Waals surface area contributed by atoms with E-state index in [1.165, 1.54) is 39.7 Å². The Morgan fingerprint density at radius 1 is 1.04 bits per heavy atom. The van der Waals surface area contributed by atoms with Crippen LogP contribution in [0.2, 0.25) is 0 Å². The number of benzene rings is 1. The van der Waals surface area contributed by atoms with Gasteiger partial charge in [-0.15, -0.1) is 0 Å². The van der Waals surface area contributed by atoms with Gasteiger partial charge in [-0.25, -0.2) is 4.98 Å². The number of alkyl halides is 3. The summed E-state index contributed by atoms with van der Waals surface area (Å²) in [6.07, 6.45) is -3.27. The molecule has 7 nitrogen and oxygen atoms in total. The summed E-state index contributed by atoms with van der Waals surface area (Å²) in [6, 6.07) is 5.20. The fourth-order valence-corrected chi connectivity index (χ4v) is 2.51. The number of carbonyl (C=O) groups is 1. The molecule has 0 bridgehead atoms. The number of nitrogens with zero attached hydrogens (tertiary/aromatic N) is 1. The lowest BCUT2D eigenvalue weighted by Crippen LogP contribution is -2.29. The normalized spacial score (nSPS) is 10.9. The monoisotopic (exact) mass is 399 g/mol. The quantitative estimate of drug-likeness (QED) is 0.665. The van der Waals surface area contributed by atoms with Gasteiger partial charge < -0.3 is 24.8 Å². The molecule has 0 radical (unpaired) electrons. The van der Waals surface area contributed by atoms with E-state index in [0.29, 0.717) is 5.75 Å². The third kappa shape index (κ3) is 4.76. The topological polar surface area (TPSA) is 81.7 Å². The summed E-state index contributed by atoms with van der Waals surface area (Å²) in [4.78, 5) is 16.1. The van der Waals surface area contributed by atoms with Crippen molar-refractivity contribution in [2.45, 2.75) is 6.18 Å². The molecule has 0 atom stereocenters. The van der Waals surface area contributed by atoms with E-state index in [1.54, 1.807) is 6.07 Å². The molecule has 0 spiro atoms. The summed E-state index contributed by atoms with van der Waals surface area (Å²) in [6.45, 7) is 0.103. The molecule has 1 amide bonds. The summed E-state index contributed by atoms with van der Waals surface area (Å²) in [7, 11) is 4.25. The van der Waals surface area contributed by atoms with Gasteiger partial charge in [-0.3, -0.25) is 4.79 Å². The van der Waals surface area contributed by atoms with Crippen LogP contribution in [-0.4, -0.2) is 45.3 Å². The summed E-state index contributed by atoms with van der Waals surface area (Å²) >= 11 is 0. The molecule has 1 heterocycles. The van der Waals surface area contributed by atoms with E-state index >= 15 is 0 Å². The Morgan fingerprint density at radius 2 is 1.75 bits per heavy atom. The van der Waals surface area contributed by atoms with Crippen LogP contribution < -0.4 is 24.8 Å². The molecule has 0 aliphatic heterocycles. The molecule has 10 heteroatoms. The lowest BCUT2D eigenvalue weighted by atomic mass is 10.1. The van der Waals surface area contributed by atoms with E-state index in [2.05, 4.69) is 15.6 Å². The molecule has 28 heavy (non-hydrogen) atoms. The van der Waals surface area contributed by atoms with Crippen molar-refractivity contribution in [1.82, 2.24) is 10.3 Å². The van der Waals surface area contributed by atoms with Gasteiger partial charge in [0.15, 0.2) is 11.5 Å². The number of hydrogen-bond acceptors (Lipinski definition) is 6. The number of amides is 1. The highest BCUT2D eigenvalue weighted by atomic mass is 19.4. The van der Waals surface area contributed by atoms with Crippen LogP contribution >= 0.6 is 0 Å². The van der Waals surface area contributed by atoms with Crippen molar-refractivity contribution < 1.29 is 32.2 Å². The number of anilines is 1. The van der Waals surface area contributed by atoms with Gasteiger partial charge in [-0.2, -0.15) is 13.2 Å². The fourth-order valence-electron chi connectivity index (χ4n) is 2.51. The van der Waals surface area contributed by atoms with Crippen LogP contribution in [0.15, 0.2) is 30.5 Å². The Labute approximate surface area is 159 Å². The molecule has 1 aromatic heterocycles. The number of ether oxygens (including phenoxy) is 3. The third-order valence-electron chi connectivity index (χ3n) is 3.76. The van der Waals surface area contributed by atoms with Gasteiger partial charge in [-0.05, 0) is 24.3 Å². The highest BCUT2D eigenvalue weighted by Gasteiger charge is 2.33. The number of nitrogens with one attached hydrogen (secondary N) is 2. The first kappa shape index (κ1) is 21.1. The summed E-state index contributed by atoms with van der Waals surface area (Å²) in [5.41, 5.74) is -0.670. The van der Waals surface area contributed by atoms with E-state index < -0.39 is 17.6 Å². The fraction of sp³-hybridized carbons (Fsp3) is 0.333. The Kier molecular flexibility index (Phi) is 6.91. The van der Waals surface area contributed by atoms with E-state index in [-0.39, 0.29) is 36.0 Å². The van der Waals surface area contributed by atoms with Crippen molar-refractivity contribution in [3.05, 3.63) is 41.6 Å². The molecule has 0 unspecified atom stereocenters. The second kappa shape index (κ2) is 9.16. The van der Waals surface area contributed by atoms with Crippen molar-refractivity contribution in [3.63, 3.8) is 0 Å². The van der Waals surface area contributed by atoms with Crippen LogP contribution in [0.5, 0.6) is 17.2 Å². The number of carbonyl (C=O) groups excluding carboxylic acids is 1. The predicted molar refractivity (Wildman–Crippen MR) is 96.2 cm³/mol. The minimum absolute atomic E-state index is 0.0431. The number of methoxy groups -OCH3 is 3. The summed E-state index contributed by atoms with van der Waals surface area (Å²) in [5.74, 6) is 0.0764. The molecule has 0 aliphatic rings. The number of hydrogen-bond donors (Lipinski definition) is 2. The first-order chi connectivity index (χ1) is 13.3. The largest absolute Gasteiger partial charge is 0.493 e. The maximum Gasteiger partial charge on any atom is 0.419 e. The van der Waals surface area contributed by atoms with Gasteiger partial charge in [0.2, 0.25) is 5.75 Å². The zero-order valence-electron chi connectivity index (χ0n) is 15.5. The number of halogens is 3. The van der Waals surface area contributed by atoms with E-state index in [0.717, 1.165) is 6.07 Å². The first-order valence-corrected chi connectivity index (χ1v) is 8.16. The maximum atomic E-state index is 12.9. The number of aromatic nitrogens is 1. The molecule has 152 valence electrons. The second-order valence-corrected chi connectivity index (χ2v) is 5.46. The lowest BCUT2D eigenvalue weighted by Gasteiger charge is -2.16. The van der Waals surface area contributed by atoms with Gasteiger partial charge in [0, 0.05) is 19.3 Å². The van der Waals surface area contributed by atoms with Crippen LogP contribution in [0, 0.1) is 0 Å². The zero-order valence-corrected chi connectivity index (χ0v) is 15.5. The van der Waals surface area contributed by atoms with Gasteiger partial charge in [0.25, 0.3) is 5.91 Å². The second-order valence-electron chi connectivity index (χ2n) is 5.46. The third-order valence-corrected chi connectivity index (χ3v) is 3.76. The van der Waals surface area contributed by atoms with Gasteiger partial charge in [0.05, 0.1) is 32.5 Å². The molecule has 0 saturated heterocycles. The first-order valence-electron chi connectivity index (χ1n) is 8.16. The molecule has 2 aromatic rings. The van der Waals surface area contributed by atoms with Crippen molar-refractivity contribution in [1.29, 1.82) is 0 Å². The van der Waals surface area contributed by atoms with Gasteiger partial charge >= 0.3 is 6.18 Å². The highest BCUT2D eigenvalue weighted by Crippen LogP contribution is 2.39. The number of pyridine rings is 1. The van der Waals surface area contributed by atoms with Crippen LogP contribution in [0.1, 0.15) is 15.9 Å². The standard InChI is InChI=1S/C18H20F3N3O4/c1-26-13-7-6-11(14(27-2)15(13)28-3)17(25)24-10-9-23-16-12(18(19,20)21)5-4-8-22-16/h4-8H,9-10H2,1-3H3,(H,22,23)(H,24,25). The van der Waals surface area contributed by atoms with Crippen molar-refractivity contribution >= 4 is 11.7 Å². The Morgan fingerprint density at radius 3 is 2.36 bits per heavy atom. The average molecular weight is 399 g/mol. The molecular formula is C18H20F3N3O4. The SMILES string of the molecule is COc1ccc(C(=O)NCCNc2ncccc2C(F)(F)F)c(OC)c1OC. The van der Waals surface area contributed by atoms with Crippen molar-refractivity contribution in [2.75, 3.05) is 39.7 Å². The van der Waals surface area contributed by atoms with Gasteiger partial charge in [-0.1, -0.05) is 0 Å². The molecule has 0 aliphatic carbocycles. The maximum absolute atomic E-state index is 12.9. The van der Waals surface area contributed by atoms with Crippen LogP contribution in [-0.2, 0) is 6.18 Å². The van der Waals surface area contributed by atoms with Crippen molar-refractivity contribution in [3.8, 4) is 17.2 Å². The van der Waals surface area contributed by atoms with Crippen LogP contribution in [0.4, 0.5) is 19.0 Å². The molecule has 0 fully saturated rings. The lowest BCUT2D eigenvalue weighted by molar-refractivity contribution is -0.137. The predicted octanol–water partition coefficient (Wildman–Crippen LogP) is 2.97. The van der Waals surface area contributed by atoms with Crippen LogP contribution in [0.25, 0.3) is 0 Å². The summed E-state index contributed by atoms with van der Waals surface area (Å²) in [5, 5.41) is 5.18. The molecule has 2 rings (SSSR count). The van der Waals surface area contributed by atoms with E-state index in [1.807, 2.05) is 0 Å². The van der Waals surface area contributed by atoms with E-state index in [4.69, 9.17) is 14.2 Å². The van der Waals surface area contributed by atoms with E-state index in [9.17, 15) is 18.0 Å². The Balaban J connectivity index is 2.03. The van der Waals surface area contributed by atoms with Crippen molar-refractivity contribution in [2.24, 2.45) is 0 Å². The smallest absolute Gasteiger partial charge is 0.419 e. The Hall–Kier alpha value is -3.17. The highest BCUT2D eigenvalue weighted by molar-refractivity contribution is 5.98. The molecular weight excluding hydrogens is 379 g/mol. The molecule has 1 aromatic carbocycles. The molecule has 0 saturated carbocycles. The van der Waals surface area contributed by atoms with Crippen LogP contribution in [0.3, 0.4) is 0 Å². The minimum Gasteiger partial charge on any atom is -0.493 e. The minimum atomic E-state index is -4.52.